The Hall–Kier alpha value is -2.14. The molecule has 5 nitrogen and oxygen atoms in total. The minimum absolute atomic E-state index is 0.181. The Morgan fingerprint density at radius 3 is 2.51 bits per heavy atom. The van der Waals surface area contributed by atoms with E-state index in [9.17, 15) is 14.7 Å². The highest BCUT2D eigenvalue weighted by molar-refractivity contribution is 6.15. The Morgan fingerprint density at radius 2 is 1.86 bits per heavy atom. The number of hydrogen-bond acceptors (Lipinski definition) is 4. The molecule has 3 saturated carbocycles. The molecule has 0 heterocycles. The zero-order chi connectivity index (χ0) is 25.8. The average Bonchev–Trinajstić information content (AvgIpc) is 3.20. The summed E-state index contributed by atoms with van der Waals surface area (Å²) in [4.78, 5) is 25.2. The van der Waals surface area contributed by atoms with Crippen LogP contribution in [0.25, 0.3) is 5.57 Å². The molecule has 5 atom stereocenters. The summed E-state index contributed by atoms with van der Waals surface area (Å²) < 4.78 is 10.8. The van der Waals surface area contributed by atoms with Crippen molar-refractivity contribution in [3.8, 4) is 5.75 Å². The Morgan fingerprint density at radius 1 is 1.14 bits per heavy atom. The Balaban J connectivity index is 1.66. The lowest BCUT2D eigenvalue weighted by Gasteiger charge is -2.46. The second kappa shape index (κ2) is 8.76. The second-order valence-electron chi connectivity index (χ2n) is 12.9. The van der Waals surface area contributed by atoms with Crippen molar-refractivity contribution >= 4 is 17.5 Å². The summed E-state index contributed by atoms with van der Waals surface area (Å²) >= 11 is 0. The van der Waals surface area contributed by atoms with Gasteiger partial charge in [-0.2, -0.15) is 0 Å². The fraction of sp³-hybridized carbons (Fsp3) is 0.667. The molecule has 5 heteroatoms. The molecule has 5 unspecified atom stereocenters. The molecular weight excluding hydrogens is 440 g/mol. The van der Waals surface area contributed by atoms with E-state index in [-0.39, 0.29) is 17.4 Å². The number of carbonyl (C=O) groups excluding carboxylic acids is 1. The largest absolute Gasteiger partial charge is 0.478 e. The molecule has 3 aliphatic carbocycles. The number of methoxy groups -OCH3 is 1. The maximum Gasteiger partial charge on any atom is 0.335 e. The van der Waals surface area contributed by atoms with E-state index in [0.29, 0.717) is 28.2 Å². The summed E-state index contributed by atoms with van der Waals surface area (Å²) in [7, 11) is 1.55. The average molecular weight is 483 g/mol. The summed E-state index contributed by atoms with van der Waals surface area (Å²) in [5, 5.41) is 10.3. The molecule has 1 aromatic rings. The van der Waals surface area contributed by atoms with Crippen LogP contribution in [0.1, 0.15) is 79.2 Å². The molecule has 2 bridgehead atoms. The number of rotatable bonds is 7. The molecule has 3 fully saturated rings. The van der Waals surface area contributed by atoms with E-state index in [1.165, 1.54) is 25.7 Å². The number of fused-ring (bicyclic) bond motifs is 1. The third kappa shape index (κ3) is 4.24. The van der Waals surface area contributed by atoms with Gasteiger partial charge in [-0.1, -0.05) is 45.9 Å². The standard InChI is InChI=1S/C30H42O5/c1-19-11-12-23-28(4,5)24-17-30(19,23)14-13-29(24,6)16-22(25(31)32)20-9-8-10-21(15-20)35-26(33)27(2,3)18-34-7/h8-10,15-16,19,23-24H,11-14,17-18H2,1-7H3,(H,31,32)/b22-16+. The second-order valence-corrected chi connectivity index (χ2v) is 12.9. The topological polar surface area (TPSA) is 72.8 Å². The van der Waals surface area contributed by atoms with Gasteiger partial charge >= 0.3 is 11.9 Å². The van der Waals surface area contributed by atoms with Crippen LogP contribution in [0.15, 0.2) is 30.3 Å². The quantitative estimate of drug-likeness (QED) is 0.269. The number of aliphatic carboxylic acids is 1. The van der Waals surface area contributed by atoms with Crippen molar-refractivity contribution in [3.63, 3.8) is 0 Å². The van der Waals surface area contributed by atoms with Crippen LogP contribution in [0.2, 0.25) is 0 Å². The lowest BCUT2D eigenvalue weighted by molar-refractivity contribution is -0.146. The lowest BCUT2D eigenvalue weighted by Crippen LogP contribution is -2.38. The number of carbonyl (C=O) groups is 2. The van der Waals surface area contributed by atoms with Crippen molar-refractivity contribution in [2.45, 2.75) is 73.6 Å². The molecule has 0 aromatic heterocycles. The minimum atomic E-state index is -0.945. The normalized spacial score (nSPS) is 33.9. The molecular formula is C30H42O5. The van der Waals surface area contributed by atoms with Crippen LogP contribution < -0.4 is 4.74 Å². The predicted molar refractivity (Wildman–Crippen MR) is 137 cm³/mol. The zero-order valence-electron chi connectivity index (χ0n) is 22.4. The van der Waals surface area contributed by atoms with Crippen LogP contribution in [0, 0.1) is 39.4 Å². The Labute approximate surface area is 210 Å². The van der Waals surface area contributed by atoms with Gasteiger partial charge in [-0.15, -0.1) is 0 Å². The van der Waals surface area contributed by atoms with Gasteiger partial charge in [0.2, 0.25) is 0 Å². The first-order valence-electron chi connectivity index (χ1n) is 13.0. The van der Waals surface area contributed by atoms with E-state index >= 15 is 0 Å². The van der Waals surface area contributed by atoms with Gasteiger partial charge in [-0.25, -0.2) is 4.79 Å². The van der Waals surface area contributed by atoms with Gasteiger partial charge < -0.3 is 14.6 Å². The highest BCUT2D eigenvalue weighted by atomic mass is 16.5. The number of allylic oxidation sites excluding steroid dienone is 1. The van der Waals surface area contributed by atoms with E-state index < -0.39 is 17.4 Å². The molecule has 0 saturated heterocycles. The fourth-order valence-corrected chi connectivity index (χ4v) is 8.12. The van der Waals surface area contributed by atoms with Crippen LogP contribution in [0.3, 0.4) is 0 Å². The van der Waals surface area contributed by atoms with E-state index in [0.717, 1.165) is 18.3 Å². The molecule has 1 aromatic carbocycles. The molecule has 0 radical (unpaired) electrons. The van der Waals surface area contributed by atoms with Gasteiger partial charge in [-0.05, 0) is 97.6 Å². The van der Waals surface area contributed by atoms with Gasteiger partial charge in [0, 0.05) is 7.11 Å². The third-order valence-corrected chi connectivity index (χ3v) is 9.99. The van der Waals surface area contributed by atoms with Gasteiger partial charge in [-0.3, -0.25) is 4.79 Å². The van der Waals surface area contributed by atoms with Gasteiger partial charge in [0.1, 0.15) is 5.75 Å². The summed E-state index contributed by atoms with van der Waals surface area (Å²) in [5.74, 6) is 0.909. The molecule has 1 spiro atoms. The van der Waals surface area contributed by atoms with E-state index in [2.05, 4.69) is 27.7 Å². The summed E-state index contributed by atoms with van der Waals surface area (Å²) in [6.45, 7) is 13.3. The monoisotopic (exact) mass is 482 g/mol. The smallest absolute Gasteiger partial charge is 0.335 e. The van der Waals surface area contributed by atoms with Crippen LogP contribution in [0.4, 0.5) is 0 Å². The van der Waals surface area contributed by atoms with Crippen molar-refractivity contribution in [1.29, 1.82) is 0 Å². The first kappa shape index (κ1) is 25.9. The predicted octanol–water partition coefficient (Wildman–Crippen LogP) is 6.61. The summed E-state index contributed by atoms with van der Waals surface area (Å²) in [5.41, 5.74) is 0.468. The van der Waals surface area contributed by atoms with E-state index in [1.54, 1.807) is 45.2 Å². The number of carboxylic acids is 1. The SMILES string of the molecule is COCC(C)(C)C(=O)Oc1cccc(/C(=C\C2(C)CCC34CC2C(C)(C)C3CCC4C)C(=O)O)c1. The summed E-state index contributed by atoms with van der Waals surface area (Å²) in [6.07, 6.45) is 8.01. The van der Waals surface area contributed by atoms with Crippen molar-refractivity contribution < 1.29 is 24.2 Å². The maximum atomic E-state index is 12.7. The Kier molecular flexibility index (Phi) is 6.49. The van der Waals surface area contributed by atoms with Crippen LogP contribution in [-0.2, 0) is 14.3 Å². The van der Waals surface area contributed by atoms with Crippen molar-refractivity contribution in [2.24, 2.45) is 39.4 Å². The van der Waals surface area contributed by atoms with Gasteiger partial charge in [0.15, 0.2) is 0 Å². The van der Waals surface area contributed by atoms with Gasteiger partial charge in [0.05, 0.1) is 17.6 Å². The first-order chi connectivity index (χ1) is 16.3. The van der Waals surface area contributed by atoms with Crippen LogP contribution in [-0.4, -0.2) is 30.8 Å². The highest BCUT2D eigenvalue weighted by Gasteiger charge is 2.67. The van der Waals surface area contributed by atoms with Crippen molar-refractivity contribution in [1.82, 2.24) is 0 Å². The fourth-order valence-electron chi connectivity index (χ4n) is 8.12. The first-order valence-corrected chi connectivity index (χ1v) is 13.0. The molecule has 0 amide bonds. The molecule has 3 aliphatic rings. The Bertz CT molecular complexity index is 1040. The van der Waals surface area contributed by atoms with Crippen molar-refractivity contribution in [2.75, 3.05) is 13.7 Å². The number of carboxylic acid groups (broad SMARTS) is 1. The van der Waals surface area contributed by atoms with Crippen molar-refractivity contribution in [3.05, 3.63) is 35.9 Å². The summed E-state index contributed by atoms with van der Waals surface area (Å²) in [6, 6.07) is 6.91. The molecule has 192 valence electrons. The molecule has 1 N–H and O–H groups in total. The number of benzene rings is 1. The highest BCUT2D eigenvalue weighted by Crippen LogP contribution is 2.75. The van der Waals surface area contributed by atoms with E-state index in [4.69, 9.17) is 9.47 Å². The number of ether oxygens (including phenoxy) is 2. The van der Waals surface area contributed by atoms with E-state index in [1.807, 2.05) is 6.08 Å². The lowest BCUT2D eigenvalue weighted by atomic mass is 9.58. The van der Waals surface area contributed by atoms with Gasteiger partial charge in [0.25, 0.3) is 0 Å². The molecule has 0 aliphatic heterocycles. The van der Waals surface area contributed by atoms with Crippen LogP contribution >= 0.6 is 0 Å². The zero-order valence-corrected chi connectivity index (χ0v) is 22.4. The number of esters is 1. The molecule has 35 heavy (non-hydrogen) atoms. The molecule has 4 rings (SSSR count). The maximum absolute atomic E-state index is 12.7. The minimum Gasteiger partial charge on any atom is -0.478 e. The van der Waals surface area contributed by atoms with Crippen LogP contribution in [0.5, 0.6) is 5.75 Å². The third-order valence-electron chi connectivity index (χ3n) is 9.99. The number of hydrogen-bond donors (Lipinski definition) is 1.